The summed E-state index contributed by atoms with van der Waals surface area (Å²) in [6.07, 6.45) is 3.03. The molecule has 1 aliphatic heterocycles. The van der Waals surface area contributed by atoms with Crippen molar-refractivity contribution in [1.82, 2.24) is 10.3 Å². The minimum Gasteiger partial charge on any atom is -0.369 e. The first-order valence-corrected chi connectivity index (χ1v) is 4.21. The van der Waals surface area contributed by atoms with Crippen LogP contribution >= 0.6 is 0 Å². The van der Waals surface area contributed by atoms with Crippen molar-refractivity contribution in [3.8, 4) is 0 Å². The molecule has 0 bridgehead atoms. The molecule has 1 aromatic heterocycles. The highest BCUT2D eigenvalue weighted by Crippen LogP contribution is 2.08. The molecule has 1 amide bonds. The van der Waals surface area contributed by atoms with Crippen molar-refractivity contribution in [3.05, 3.63) is 39.9 Å². The number of aromatic amines is 1. The van der Waals surface area contributed by atoms with E-state index >= 15 is 0 Å². The van der Waals surface area contributed by atoms with Crippen LogP contribution in [0.4, 0.5) is 0 Å². The molecule has 0 fully saturated rings. The van der Waals surface area contributed by atoms with Gasteiger partial charge in [-0.3, -0.25) is 14.9 Å². The van der Waals surface area contributed by atoms with Gasteiger partial charge in [-0.2, -0.15) is 0 Å². The molecule has 1 aromatic rings. The fourth-order valence-corrected chi connectivity index (χ4v) is 1.16. The number of nitrogens with two attached hydrogens (primary N) is 1. The summed E-state index contributed by atoms with van der Waals surface area (Å²) in [5.74, 6) is -0.269. The third-order valence-corrected chi connectivity index (χ3v) is 1.83. The molecule has 0 saturated carbocycles. The molecule has 0 unspecified atom stereocenters. The van der Waals surface area contributed by atoms with Crippen LogP contribution in [0.15, 0.2) is 33.8 Å². The van der Waals surface area contributed by atoms with Crippen LogP contribution < -0.4 is 16.6 Å². The van der Waals surface area contributed by atoms with Gasteiger partial charge in [0.15, 0.2) is 0 Å². The summed E-state index contributed by atoms with van der Waals surface area (Å²) in [5, 5.41) is 2.35. The molecule has 6 nitrogen and oxygen atoms in total. The summed E-state index contributed by atoms with van der Waals surface area (Å²) < 4.78 is 0. The van der Waals surface area contributed by atoms with Gasteiger partial charge in [0.25, 0.3) is 5.91 Å². The first kappa shape index (κ1) is 9.20. The van der Waals surface area contributed by atoms with Crippen LogP contribution in [0.1, 0.15) is 5.56 Å². The first-order chi connectivity index (χ1) is 7.15. The summed E-state index contributed by atoms with van der Waals surface area (Å²) in [5.41, 5.74) is 6.02. The normalized spacial score (nSPS) is 17.7. The third-order valence-electron chi connectivity index (χ3n) is 1.83. The van der Waals surface area contributed by atoms with Crippen LogP contribution in [0.3, 0.4) is 0 Å². The predicted octanol–water partition coefficient (Wildman–Crippen LogP) is -0.840. The van der Waals surface area contributed by atoms with Gasteiger partial charge in [-0.1, -0.05) is 0 Å². The highest BCUT2D eigenvalue weighted by atomic mass is 16.2. The van der Waals surface area contributed by atoms with Crippen LogP contribution in [-0.4, -0.2) is 16.9 Å². The Labute approximate surface area is 84.5 Å². The van der Waals surface area contributed by atoms with E-state index < -0.39 is 0 Å². The molecule has 0 atom stereocenters. The van der Waals surface area contributed by atoms with Crippen molar-refractivity contribution in [3.63, 3.8) is 0 Å². The average molecular weight is 204 g/mol. The van der Waals surface area contributed by atoms with Crippen molar-refractivity contribution in [2.24, 2.45) is 10.7 Å². The number of carbonyl (C=O) groups excluding carboxylic acids is 1. The van der Waals surface area contributed by atoms with Gasteiger partial charge >= 0.3 is 0 Å². The number of nitrogens with one attached hydrogen (secondary N) is 2. The average Bonchev–Trinajstić information content (AvgIpc) is 2.49. The Morgan fingerprint density at radius 1 is 1.33 bits per heavy atom. The number of H-pyrrole nitrogens is 1. The van der Waals surface area contributed by atoms with Gasteiger partial charge in [-0.25, -0.2) is 4.99 Å². The standard InChI is InChI=1S/C9H8N4O2/c10-9-12-6(8(15)13-9)3-5-1-2-7(14)11-4-5/h1-4H,(H,11,14)(H3,10,12,13,15)/b6-3+. The Morgan fingerprint density at radius 2 is 2.13 bits per heavy atom. The summed E-state index contributed by atoms with van der Waals surface area (Å²) >= 11 is 0. The lowest BCUT2D eigenvalue weighted by molar-refractivity contribution is -0.115. The maximum atomic E-state index is 11.2. The largest absolute Gasteiger partial charge is 0.369 e. The third kappa shape index (κ3) is 1.93. The van der Waals surface area contributed by atoms with Crippen LogP contribution in [0, 0.1) is 0 Å². The maximum absolute atomic E-state index is 11.2. The molecule has 6 heteroatoms. The van der Waals surface area contributed by atoms with Gasteiger partial charge in [0.2, 0.25) is 11.5 Å². The van der Waals surface area contributed by atoms with E-state index in [9.17, 15) is 9.59 Å². The van der Waals surface area contributed by atoms with Gasteiger partial charge < -0.3 is 10.7 Å². The van der Waals surface area contributed by atoms with Crippen molar-refractivity contribution in [2.45, 2.75) is 0 Å². The number of rotatable bonds is 1. The minimum atomic E-state index is -0.348. The summed E-state index contributed by atoms with van der Waals surface area (Å²) in [4.78, 5) is 28.3. The lowest BCUT2D eigenvalue weighted by Gasteiger charge is -1.92. The van der Waals surface area contributed by atoms with E-state index in [1.807, 2.05) is 0 Å². The Balaban J connectivity index is 2.35. The lowest BCUT2D eigenvalue weighted by atomic mass is 10.2. The molecule has 4 N–H and O–H groups in total. The van der Waals surface area contributed by atoms with Crippen LogP contribution in [0.2, 0.25) is 0 Å². The number of amides is 1. The van der Waals surface area contributed by atoms with E-state index in [1.165, 1.54) is 18.3 Å². The Hall–Kier alpha value is -2.37. The number of pyridine rings is 1. The SMILES string of the molecule is NC1=N/C(=C/c2ccc(=O)[nH]c2)C(=O)N1. The van der Waals surface area contributed by atoms with Gasteiger partial charge in [0, 0.05) is 12.3 Å². The van der Waals surface area contributed by atoms with E-state index in [-0.39, 0.29) is 23.1 Å². The van der Waals surface area contributed by atoms with Crippen molar-refractivity contribution < 1.29 is 4.79 Å². The number of hydrogen-bond donors (Lipinski definition) is 3. The minimum absolute atomic E-state index is 0.0793. The van der Waals surface area contributed by atoms with Gasteiger partial charge in [0.05, 0.1) is 0 Å². The van der Waals surface area contributed by atoms with Crippen LogP contribution in [0.25, 0.3) is 6.08 Å². The Morgan fingerprint density at radius 3 is 2.67 bits per heavy atom. The zero-order valence-electron chi connectivity index (χ0n) is 7.65. The van der Waals surface area contributed by atoms with E-state index in [0.717, 1.165) is 0 Å². The van der Waals surface area contributed by atoms with E-state index in [1.54, 1.807) is 6.07 Å². The number of carbonyl (C=O) groups is 1. The zero-order chi connectivity index (χ0) is 10.8. The molecule has 0 saturated heterocycles. The smallest absolute Gasteiger partial charge is 0.276 e. The second kappa shape index (κ2) is 3.41. The molecule has 0 spiro atoms. The van der Waals surface area contributed by atoms with Gasteiger partial charge in [0.1, 0.15) is 5.70 Å². The molecule has 0 aromatic carbocycles. The quantitative estimate of drug-likeness (QED) is 0.520. The number of aliphatic imine (C=N–C) groups is 1. The fourth-order valence-electron chi connectivity index (χ4n) is 1.16. The van der Waals surface area contributed by atoms with Crippen molar-refractivity contribution in [1.29, 1.82) is 0 Å². The summed E-state index contributed by atoms with van der Waals surface area (Å²) in [7, 11) is 0. The first-order valence-electron chi connectivity index (χ1n) is 4.21. The van der Waals surface area contributed by atoms with Crippen molar-refractivity contribution in [2.75, 3.05) is 0 Å². The van der Waals surface area contributed by atoms with Crippen LogP contribution in [0.5, 0.6) is 0 Å². The predicted molar refractivity (Wildman–Crippen MR) is 54.8 cm³/mol. The number of guanidine groups is 1. The van der Waals surface area contributed by atoms with E-state index in [2.05, 4.69) is 15.3 Å². The van der Waals surface area contributed by atoms with Crippen molar-refractivity contribution >= 4 is 17.9 Å². The highest BCUT2D eigenvalue weighted by molar-refractivity contribution is 6.13. The lowest BCUT2D eigenvalue weighted by Crippen LogP contribution is -2.30. The second-order valence-electron chi connectivity index (χ2n) is 2.97. The van der Waals surface area contributed by atoms with Gasteiger partial charge in [-0.05, 0) is 17.7 Å². The molecular formula is C9H8N4O2. The monoisotopic (exact) mass is 204 g/mol. The van der Waals surface area contributed by atoms with Crippen LogP contribution in [-0.2, 0) is 4.79 Å². The van der Waals surface area contributed by atoms with E-state index in [0.29, 0.717) is 5.56 Å². The topological polar surface area (TPSA) is 100 Å². The number of nitrogens with zero attached hydrogens (tertiary/aromatic N) is 1. The molecule has 76 valence electrons. The molecular weight excluding hydrogens is 196 g/mol. The molecule has 2 rings (SSSR count). The van der Waals surface area contributed by atoms with Gasteiger partial charge in [-0.15, -0.1) is 0 Å². The molecule has 2 heterocycles. The molecule has 0 aliphatic carbocycles. The highest BCUT2D eigenvalue weighted by Gasteiger charge is 2.16. The summed E-state index contributed by atoms with van der Waals surface area (Å²) in [6.45, 7) is 0. The van der Waals surface area contributed by atoms with E-state index in [4.69, 9.17) is 5.73 Å². The fraction of sp³-hybridized carbons (Fsp3) is 0. The number of aromatic nitrogens is 1. The molecule has 1 aliphatic rings. The zero-order valence-corrected chi connectivity index (χ0v) is 7.65. The Kier molecular flexibility index (Phi) is 2.09. The maximum Gasteiger partial charge on any atom is 0.276 e. The Bertz CT molecular complexity index is 507. The summed E-state index contributed by atoms with van der Waals surface area (Å²) in [6, 6.07) is 2.95. The number of hydrogen-bond acceptors (Lipinski definition) is 4. The second-order valence-corrected chi connectivity index (χ2v) is 2.97. The molecule has 0 radical (unpaired) electrons. The molecule has 15 heavy (non-hydrogen) atoms.